The summed E-state index contributed by atoms with van der Waals surface area (Å²) >= 11 is 0. The summed E-state index contributed by atoms with van der Waals surface area (Å²) in [6.45, 7) is 0.376. The third-order valence-electron chi connectivity index (χ3n) is 2.56. The number of furan rings is 1. The van der Waals surface area contributed by atoms with Crippen molar-refractivity contribution >= 4 is 17.3 Å². The number of nitrogens with one attached hydrogen (secondary N) is 1. The first-order chi connectivity index (χ1) is 8.65. The smallest absolute Gasteiger partial charge is 0.224 e. The van der Waals surface area contributed by atoms with Gasteiger partial charge in [-0.15, -0.1) is 0 Å². The highest BCUT2D eigenvalue weighted by atomic mass is 16.3. The Bertz CT molecular complexity index is 538. The molecule has 0 unspecified atom stereocenters. The molecule has 0 saturated carbocycles. The molecule has 0 saturated heterocycles. The van der Waals surface area contributed by atoms with Crippen LogP contribution in [0.15, 0.2) is 41.0 Å². The van der Waals surface area contributed by atoms with E-state index < -0.39 is 0 Å². The fraction of sp³-hybridized carbons (Fsp3) is 0.154. The molecule has 1 aromatic carbocycles. The molecule has 0 aliphatic heterocycles. The number of benzene rings is 1. The molecule has 0 radical (unpaired) electrons. The van der Waals surface area contributed by atoms with Crippen molar-refractivity contribution in [3.63, 3.8) is 0 Å². The van der Waals surface area contributed by atoms with Gasteiger partial charge in [-0.3, -0.25) is 4.79 Å². The van der Waals surface area contributed by atoms with E-state index in [1.165, 1.54) is 0 Å². The normalized spacial score (nSPS) is 9.68. The van der Waals surface area contributed by atoms with Crippen molar-refractivity contribution in [2.75, 3.05) is 11.5 Å². The van der Waals surface area contributed by atoms with Gasteiger partial charge in [0, 0.05) is 11.4 Å². The van der Waals surface area contributed by atoms with E-state index >= 15 is 0 Å². The van der Waals surface area contributed by atoms with Crippen molar-refractivity contribution in [3.8, 4) is 0 Å². The molecule has 2 rings (SSSR count). The van der Waals surface area contributed by atoms with E-state index in [9.17, 15) is 4.79 Å². The topological polar surface area (TPSA) is 129 Å². The molecule has 1 heterocycles. The standard InChI is InChI=1S/C13H15N3O2.H3N/c14-10-4-3-9(12(15)7-10)6-13(17)16-8-11-2-1-5-18-11;/h1-5,7H,6,8,14-15H2,(H,16,17);1H3. The van der Waals surface area contributed by atoms with Crippen LogP contribution in [0, 0.1) is 0 Å². The molecular weight excluding hydrogens is 244 g/mol. The van der Waals surface area contributed by atoms with Crippen LogP contribution in [0.3, 0.4) is 0 Å². The molecule has 6 nitrogen and oxygen atoms in total. The second-order valence-electron chi connectivity index (χ2n) is 3.99. The van der Waals surface area contributed by atoms with Crippen LogP contribution >= 0.6 is 0 Å². The fourth-order valence-electron chi connectivity index (χ4n) is 1.61. The first-order valence-electron chi connectivity index (χ1n) is 5.58. The van der Waals surface area contributed by atoms with Gasteiger partial charge in [0.05, 0.1) is 19.2 Å². The minimum atomic E-state index is -0.108. The van der Waals surface area contributed by atoms with Gasteiger partial charge in [-0.1, -0.05) is 6.07 Å². The Hall–Kier alpha value is -2.47. The summed E-state index contributed by atoms with van der Waals surface area (Å²) in [6, 6.07) is 8.72. The van der Waals surface area contributed by atoms with Gasteiger partial charge in [0.1, 0.15) is 5.76 Å². The van der Waals surface area contributed by atoms with Crippen molar-refractivity contribution in [2.45, 2.75) is 13.0 Å². The molecule has 0 bridgehead atoms. The summed E-state index contributed by atoms with van der Waals surface area (Å²) < 4.78 is 5.12. The minimum Gasteiger partial charge on any atom is -0.467 e. The van der Waals surface area contributed by atoms with Crippen LogP contribution < -0.4 is 22.9 Å². The van der Waals surface area contributed by atoms with Crippen molar-refractivity contribution in [1.82, 2.24) is 11.5 Å². The van der Waals surface area contributed by atoms with E-state index in [2.05, 4.69) is 5.32 Å². The van der Waals surface area contributed by atoms with Gasteiger partial charge in [0.2, 0.25) is 5.91 Å². The zero-order valence-electron chi connectivity index (χ0n) is 10.6. The number of hydrogen-bond acceptors (Lipinski definition) is 5. The Morgan fingerprint density at radius 3 is 2.68 bits per heavy atom. The van der Waals surface area contributed by atoms with E-state index in [-0.39, 0.29) is 18.5 Å². The third kappa shape index (κ3) is 4.04. The molecule has 0 atom stereocenters. The van der Waals surface area contributed by atoms with Gasteiger partial charge < -0.3 is 27.4 Å². The van der Waals surface area contributed by atoms with Gasteiger partial charge in [-0.25, -0.2) is 0 Å². The molecule has 0 spiro atoms. The second kappa shape index (κ2) is 6.46. The first kappa shape index (κ1) is 14.6. The average Bonchev–Trinajstić information content (AvgIpc) is 2.83. The summed E-state index contributed by atoms with van der Waals surface area (Å²) in [7, 11) is 0. The molecule has 0 aliphatic rings. The molecule has 0 aliphatic carbocycles. The van der Waals surface area contributed by atoms with E-state index in [1.54, 1.807) is 36.6 Å². The van der Waals surface area contributed by atoms with Crippen LogP contribution in [0.4, 0.5) is 11.4 Å². The zero-order valence-corrected chi connectivity index (χ0v) is 10.6. The third-order valence-corrected chi connectivity index (χ3v) is 2.56. The van der Waals surface area contributed by atoms with Crippen molar-refractivity contribution in [2.24, 2.45) is 0 Å². The summed E-state index contributed by atoms with van der Waals surface area (Å²) in [5.74, 6) is 0.608. The van der Waals surface area contributed by atoms with E-state index in [0.717, 1.165) is 5.56 Å². The minimum absolute atomic E-state index is 0. The summed E-state index contributed by atoms with van der Waals surface area (Å²) in [6.07, 6.45) is 1.80. The quantitative estimate of drug-likeness (QED) is 0.620. The van der Waals surface area contributed by atoms with Crippen LogP contribution in [-0.2, 0) is 17.8 Å². The number of carbonyl (C=O) groups excluding carboxylic acids is 1. The van der Waals surface area contributed by atoms with Crippen LogP contribution in [0.2, 0.25) is 0 Å². The molecule has 2 aromatic rings. The lowest BCUT2D eigenvalue weighted by molar-refractivity contribution is -0.120. The van der Waals surface area contributed by atoms with Crippen LogP contribution in [0.25, 0.3) is 0 Å². The van der Waals surface area contributed by atoms with Crippen LogP contribution in [0.5, 0.6) is 0 Å². The van der Waals surface area contributed by atoms with Gasteiger partial charge in [0.25, 0.3) is 0 Å². The van der Waals surface area contributed by atoms with Crippen molar-refractivity contribution < 1.29 is 9.21 Å². The highest BCUT2D eigenvalue weighted by Crippen LogP contribution is 2.16. The molecule has 8 N–H and O–H groups in total. The molecule has 1 amide bonds. The summed E-state index contributed by atoms with van der Waals surface area (Å²) in [4.78, 5) is 11.7. The number of anilines is 2. The molecule has 102 valence electrons. The summed E-state index contributed by atoms with van der Waals surface area (Å²) in [5, 5.41) is 2.76. The van der Waals surface area contributed by atoms with Crippen LogP contribution in [0.1, 0.15) is 11.3 Å². The lowest BCUT2D eigenvalue weighted by Gasteiger charge is -2.07. The van der Waals surface area contributed by atoms with Gasteiger partial charge >= 0.3 is 0 Å². The summed E-state index contributed by atoms with van der Waals surface area (Å²) in [5.41, 5.74) is 13.3. The largest absolute Gasteiger partial charge is 0.467 e. The Morgan fingerprint density at radius 2 is 2.05 bits per heavy atom. The Labute approximate surface area is 111 Å². The predicted molar refractivity (Wildman–Crippen MR) is 74.5 cm³/mol. The number of amides is 1. The predicted octanol–water partition coefficient (Wildman–Crippen LogP) is 1.46. The molecule has 0 fully saturated rings. The lowest BCUT2D eigenvalue weighted by Crippen LogP contribution is -2.24. The number of carbonyl (C=O) groups is 1. The highest BCUT2D eigenvalue weighted by molar-refractivity contribution is 5.80. The Kier molecular flexibility index (Phi) is 4.96. The first-order valence-corrected chi connectivity index (χ1v) is 5.58. The number of nitrogens with two attached hydrogens (primary N) is 2. The average molecular weight is 262 g/mol. The Morgan fingerprint density at radius 1 is 1.26 bits per heavy atom. The monoisotopic (exact) mass is 262 g/mol. The maximum Gasteiger partial charge on any atom is 0.224 e. The number of nitrogen functional groups attached to an aromatic ring is 2. The van der Waals surface area contributed by atoms with Crippen molar-refractivity contribution in [3.05, 3.63) is 47.9 Å². The molecule has 1 aromatic heterocycles. The molecule has 19 heavy (non-hydrogen) atoms. The number of hydrogen-bond donors (Lipinski definition) is 4. The Balaban J connectivity index is 0.00000180. The highest BCUT2D eigenvalue weighted by Gasteiger charge is 2.07. The maximum atomic E-state index is 11.7. The fourth-order valence-corrected chi connectivity index (χ4v) is 1.61. The van der Waals surface area contributed by atoms with E-state index in [4.69, 9.17) is 15.9 Å². The zero-order chi connectivity index (χ0) is 13.0. The van der Waals surface area contributed by atoms with Crippen LogP contribution in [-0.4, -0.2) is 5.91 Å². The lowest BCUT2D eigenvalue weighted by atomic mass is 10.1. The SMILES string of the molecule is N.Nc1ccc(CC(=O)NCc2ccco2)c(N)c1. The maximum absolute atomic E-state index is 11.7. The van der Waals surface area contributed by atoms with Gasteiger partial charge in [0.15, 0.2) is 0 Å². The molecule has 6 heteroatoms. The number of rotatable bonds is 4. The van der Waals surface area contributed by atoms with Gasteiger partial charge in [-0.05, 0) is 29.8 Å². The van der Waals surface area contributed by atoms with E-state index in [0.29, 0.717) is 23.7 Å². The molecular formula is C13H18N4O2. The van der Waals surface area contributed by atoms with Gasteiger partial charge in [-0.2, -0.15) is 0 Å². The second-order valence-corrected chi connectivity index (χ2v) is 3.99. The van der Waals surface area contributed by atoms with Crippen molar-refractivity contribution in [1.29, 1.82) is 0 Å². The van der Waals surface area contributed by atoms with E-state index in [1.807, 2.05) is 0 Å².